The highest BCUT2D eigenvalue weighted by Gasteiger charge is 2.36. The van der Waals surface area contributed by atoms with Gasteiger partial charge < -0.3 is 9.67 Å². The zero-order valence-corrected chi connectivity index (χ0v) is 7.54. The molecule has 1 aromatic heterocycles. The van der Waals surface area contributed by atoms with Crippen LogP contribution in [0.1, 0.15) is 25.8 Å². The van der Waals surface area contributed by atoms with Crippen LogP contribution in [0.5, 0.6) is 0 Å². The first-order valence-corrected chi connectivity index (χ1v) is 4.03. The van der Waals surface area contributed by atoms with Crippen LogP contribution >= 0.6 is 0 Å². The molecule has 0 aliphatic heterocycles. The summed E-state index contributed by atoms with van der Waals surface area (Å²) in [6.07, 6.45) is 1.13. The number of aryl methyl sites for hydroxylation is 1. The minimum atomic E-state index is -3.15. The molecule has 0 amide bonds. The normalized spacial score (nSPS) is 14.5. The molecule has 0 bridgehead atoms. The van der Waals surface area contributed by atoms with Gasteiger partial charge in [0, 0.05) is 25.9 Å². The topological polar surface area (TPSA) is 38.0 Å². The second kappa shape index (κ2) is 3.41. The molecule has 1 rings (SSSR count). The summed E-state index contributed by atoms with van der Waals surface area (Å²) in [5.74, 6) is -3.15. The van der Waals surface area contributed by atoms with Gasteiger partial charge >= 0.3 is 0 Å². The molecule has 1 unspecified atom stereocenters. The van der Waals surface area contributed by atoms with Crippen molar-refractivity contribution in [3.8, 4) is 0 Å². The van der Waals surface area contributed by atoms with Gasteiger partial charge in [0.15, 0.2) is 6.10 Å². The van der Waals surface area contributed by atoms with E-state index in [0.717, 1.165) is 0 Å². The first-order chi connectivity index (χ1) is 5.96. The van der Waals surface area contributed by atoms with Crippen LogP contribution in [-0.4, -0.2) is 20.6 Å². The quantitative estimate of drug-likeness (QED) is 0.786. The summed E-state index contributed by atoms with van der Waals surface area (Å²) in [6.45, 7) is 2.99. The summed E-state index contributed by atoms with van der Waals surface area (Å²) < 4.78 is 26.9. The number of rotatable bonds is 3. The van der Waals surface area contributed by atoms with Gasteiger partial charge in [-0.15, -0.1) is 0 Å². The Balaban J connectivity index is 2.94. The Hall–Kier alpha value is -0.970. The largest absolute Gasteiger partial charge is 0.379 e. The SMILES string of the molecule is CCn1ccnc1C(O)C(C)(F)F. The van der Waals surface area contributed by atoms with Crippen LogP contribution < -0.4 is 0 Å². The van der Waals surface area contributed by atoms with Crippen molar-refractivity contribution in [2.75, 3.05) is 0 Å². The molecule has 0 saturated heterocycles. The Morgan fingerprint density at radius 3 is 2.77 bits per heavy atom. The average molecular weight is 190 g/mol. The van der Waals surface area contributed by atoms with E-state index < -0.39 is 12.0 Å². The Labute approximate surface area is 75.0 Å². The molecule has 13 heavy (non-hydrogen) atoms. The van der Waals surface area contributed by atoms with Crippen molar-refractivity contribution in [1.29, 1.82) is 0 Å². The molecule has 0 aliphatic carbocycles. The fourth-order valence-corrected chi connectivity index (χ4v) is 1.06. The lowest BCUT2D eigenvalue weighted by Crippen LogP contribution is -2.25. The van der Waals surface area contributed by atoms with Crippen molar-refractivity contribution >= 4 is 0 Å². The van der Waals surface area contributed by atoms with Gasteiger partial charge in [-0.2, -0.15) is 0 Å². The smallest absolute Gasteiger partial charge is 0.277 e. The number of aromatic nitrogens is 2. The third-order valence-corrected chi connectivity index (χ3v) is 1.81. The van der Waals surface area contributed by atoms with Crippen molar-refractivity contribution in [2.45, 2.75) is 32.4 Å². The lowest BCUT2D eigenvalue weighted by molar-refractivity contribution is -0.100. The fourth-order valence-electron chi connectivity index (χ4n) is 1.06. The fraction of sp³-hybridized carbons (Fsp3) is 0.625. The second-order valence-corrected chi connectivity index (χ2v) is 2.93. The molecule has 5 heteroatoms. The van der Waals surface area contributed by atoms with Crippen LogP contribution in [-0.2, 0) is 6.54 Å². The molecule has 0 fully saturated rings. The van der Waals surface area contributed by atoms with E-state index in [1.807, 2.05) is 0 Å². The number of alkyl halides is 2. The number of nitrogens with zero attached hydrogens (tertiary/aromatic N) is 2. The van der Waals surface area contributed by atoms with Gasteiger partial charge in [0.25, 0.3) is 5.92 Å². The van der Waals surface area contributed by atoms with Crippen LogP contribution in [0.25, 0.3) is 0 Å². The van der Waals surface area contributed by atoms with E-state index in [4.69, 9.17) is 0 Å². The van der Waals surface area contributed by atoms with Crippen LogP contribution in [0, 0.1) is 0 Å². The Morgan fingerprint density at radius 2 is 2.31 bits per heavy atom. The number of aliphatic hydroxyl groups is 1. The van der Waals surface area contributed by atoms with Crippen molar-refractivity contribution in [2.24, 2.45) is 0 Å². The summed E-state index contributed by atoms with van der Waals surface area (Å²) in [5.41, 5.74) is 0. The van der Waals surface area contributed by atoms with Crippen molar-refractivity contribution in [3.63, 3.8) is 0 Å². The number of hydrogen-bond donors (Lipinski definition) is 1. The molecule has 1 atom stereocenters. The van der Waals surface area contributed by atoms with Gasteiger partial charge in [0.2, 0.25) is 0 Å². The Kier molecular flexibility index (Phi) is 2.66. The molecule has 0 aromatic carbocycles. The van der Waals surface area contributed by atoms with Crippen LogP contribution in [0.3, 0.4) is 0 Å². The zero-order valence-electron chi connectivity index (χ0n) is 7.54. The molecule has 0 saturated carbocycles. The average Bonchev–Trinajstić information content (AvgIpc) is 2.48. The van der Waals surface area contributed by atoms with Gasteiger partial charge in [0.05, 0.1) is 0 Å². The first kappa shape index (κ1) is 10.1. The third kappa shape index (κ3) is 2.03. The maximum absolute atomic E-state index is 12.7. The van der Waals surface area contributed by atoms with Crippen molar-refractivity contribution in [1.82, 2.24) is 9.55 Å². The molecule has 1 aromatic rings. The lowest BCUT2D eigenvalue weighted by Gasteiger charge is -2.18. The third-order valence-electron chi connectivity index (χ3n) is 1.81. The molecule has 0 spiro atoms. The number of aliphatic hydroxyl groups excluding tert-OH is 1. The van der Waals surface area contributed by atoms with Gasteiger partial charge in [-0.05, 0) is 6.92 Å². The molecule has 3 nitrogen and oxygen atoms in total. The van der Waals surface area contributed by atoms with E-state index in [1.165, 1.54) is 10.8 Å². The summed E-state index contributed by atoms with van der Waals surface area (Å²) >= 11 is 0. The summed E-state index contributed by atoms with van der Waals surface area (Å²) in [6, 6.07) is 0. The van der Waals surface area contributed by atoms with Crippen molar-refractivity contribution < 1.29 is 13.9 Å². The van der Waals surface area contributed by atoms with Gasteiger partial charge in [-0.1, -0.05) is 0 Å². The van der Waals surface area contributed by atoms with Crippen LogP contribution in [0.15, 0.2) is 12.4 Å². The molecule has 1 heterocycles. The van der Waals surface area contributed by atoms with E-state index >= 15 is 0 Å². The highest BCUT2D eigenvalue weighted by atomic mass is 19.3. The Bertz CT molecular complexity index is 280. The minimum Gasteiger partial charge on any atom is -0.379 e. The summed E-state index contributed by atoms with van der Waals surface area (Å²) in [7, 11) is 0. The van der Waals surface area contributed by atoms with E-state index in [0.29, 0.717) is 13.5 Å². The number of hydrogen-bond acceptors (Lipinski definition) is 2. The maximum atomic E-state index is 12.7. The summed E-state index contributed by atoms with van der Waals surface area (Å²) in [5, 5.41) is 9.22. The molecule has 0 radical (unpaired) electrons. The summed E-state index contributed by atoms with van der Waals surface area (Å²) in [4.78, 5) is 3.69. The zero-order chi connectivity index (χ0) is 10.1. The number of halogens is 2. The molecule has 74 valence electrons. The lowest BCUT2D eigenvalue weighted by atomic mass is 10.2. The molecular weight excluding hydrogens is 178 g/mol. The molecule has 0 aliphatic rings. The Morgan fingerprint density at radius 1 is 1.69 bits per heavy atom. The van der Waals surface area contributed by atoms with Crippen LogP contribution in [0.4, 0.5) is 8.78 Å². The highest BCUT2D eigenvalue weighted by molar-refractivity contribution is 5.00. The van der Waals surface area contributed by atoms with E-state index in [-0.39, 0.29) is 5.82 Å². The monoisotopic (exact) mass is 190 g/mol. The van der Waals surface area contributed by atoms with E-state index in [2.05, 4.69) is 4.98 Å². The van der Waals surface area contributed by atoms with Gasteiger partial charge in [0.1, 0.15) is 5.82 Å². The van der Waals surface area contributed by atoms with E-state index in [1.54, 1.807) is 13.1 Å². The van der Waals surface area contributed by atoms with Crippen LogP contribution in [0.2, 0.25) is 0 Å². The standard InChI is InChI=1S/C8H12F2N2O/c1-3-12-5-4-11-7(12)6(13)8(2,9)10/h4-6,13H,3H2,1-2H3. The predicted octanol–water partition coefficient (Wildman–Crippen LogP) is 1.59. The highest BCUT2D eigenvalue weighted by Crippen LogP contribution is 2.29. The second-order valence-electron chi connectivity index (χ2n) is 2.93. The first-order valence-electron chi connectivity index (χ1n) is 4.03. The van der Waals surface area contributed by atoms with Crippen molar-refractivity contribution in [3.05, 3.63) is 18.2 Å². The minimum absolute atomic E-state index is 0.00926. The maximum Gasteiger partial charge on any atom is 0.277 e. The predicted molar refractivity (Wildman–Crippen MR) is 43.5 cm³/mol. The molecule has 1 N–H and O–H groups in total. The van der Waals surface area contributed by atoms with Gasteiger partial charge in [-0.25, -0.2) is 13.8 Å². The number of imidazole rings is 1. The molecular formula is C8H12F2N2O. The van der Waals surface area contributed by atoms with Gasteiger partial charge in [-0.3, -0.25) is 0 Å². The van der Waals surface area contributed by atoms with E-state index in [9.17, 15) is 13.9 Å².